The van der Waals surface area contributed by atoms with Crippen LogP contribution in [0.25, 0.3) is 22.3 Å². The van der Waals surface area contributed by atoms with Gasteiger partial charge in [0, 0.05) is 40.7 Å². The van der Waals surface area contributed by atoms with E-state index in [0.717, 1.165) is 50.5 Å². The highest BCUT2D eigenvalue weighted by Crippen LogP contribution is 2.46. The maximum atomic E-state index is 14.6. The molecule has 3 aromatic rings. The Bertz CT molecular complexity index is 2100. The molecule has 5 atom stereocenters. The first kappa shape index (κ1) is 40.9. The fourth-order valence-corrected chi connectivity index (χ4v) is 8.90. The highest BCUT2D eigenvalue weighted by atomic mass is 32.1. The number of ether oxygens (including phenoxy) is 3. The summed E-state index contributed by atoms with van der Waals surface area (Å²) in [5.41, 5.74) is 0.864. The van der Waals surface area contributed by atoms with E-state index in [-0.39, 0.29) is 43.2 Å². The van der Waals surface area contributed by atoms with Gasteiger partial charge in [-0.25, -0.2) is 19.6 Å². The molecule has 16 heteroatoms. The van der Waals surface area contributed by atoms with Gasteiger partial charge >= 0.3 is 12.1 Å². The number of aryl methyl sites for hydroxylation is 1. The molecule has 7 rings (SSSR count). The number of aliphatic carboxylic acids is 1. The molecule has 4 amide bonds. The Kier molecular flexibility index (Phi) is 12.2. The number of aromatic nitrogens is 2. The Morgan fingerprint density at radius 1 is 1.02 bits per heavy atom. The molecule has 0 bridgehead atoms. The van der Waals surface area contributed by atoms with Crippen molar-refractivity contribution in [2.24, 2.45) is 11.8 Å². The molecule has 4 N–H and O–H groups in total. The fourth-order valence-electron chi connectivity index (χ4n) is 8.19. The van der Waals surface area contributed by atoms with E-state index in [1.54, 1.807) is 32.4 Å². The van der Waals surface area contributed by atoms with Gasteiger partial charge in [0.15, 0.2) is 5.13 Å². The number of hydrogen-bond acceptors (Lipinski definition) is 11. The molecule has 58 heavy (non-hydrogen) atoms. The van der Waals surface area contributed by atoms with E-state index in [2.05, 4.69) is 20.9 Å². The Hall–Kier alpha value is -5.25. The maximum absolute atomic E-state index is 14.6. The second-order valence-electron chi connectivity index (χ2n) is 16.1. The summed E-state index contributed by atoms with van der Waals surface area (Å²) >= 11 is 1.27. The van der Waals surface area contributed by atoms with Crippen molar-refractivity contribution in [3.63, 3.8) is 0 Å². The van der Waals surface area contributed by atoms with E-state index in [1.165, 1.54) is 16.2 Å². The Morgan fingerprint density at radius 2 is 1.79 bits per heavy atom. The van der Waals surface area contributed by atoms with E-state index < -0.39 is 47.6 Å². The van der Waals surface area contributed by atoms with Gasteiger partial charge in [-0.15, -0.1) is 11.3 Å². The molecule has 4 aliphatic rings. The van der Waals surface area contributed by atoms with E-state index in [4.69, 9.17) is 19.2 Å². The number of carbonyl (C=O) groups excluding carboxylic acids is 4. The standard InChI is InChI=1S/C42H52N6O9S/c1-23(2)36(49)46-40-44-31(22-58-40)30-19-34(28-16-17-33(55-4)24(3)35(28)43-30)56-27-18-32-37(50)47-42(39(52)53)20-25(42)12-8-6-5-7-9-15-29(38(51)48(32)21-27)45-41(54)57-26-13-10-11-14-26/h8,12,16-17,19,22-23,25-27,29,32H,5-7,9-11,13-15,18,20-21H2,1-4H3,(H,45,54)(H,47,50)(H,52,53)(H,44,46,49)/b12-8-. The van der Waals surface area contributed by atoms with Crippen LogP contribution in [0.2, 0.25) is 0 Å². The minimum absolute atomic E-state index is 0.00740. The molecule has 2 aromatic heterocycles. The second-order valence-corrected chi connectivity index (χ2v) is 17.0. The van der Waals surface area contributed by atoms with Crippen molar-refractivity contribution in [1.29, 1.82) is 0 Å². The SMILES string of the molecule is COc1ccc2c(OC3CC4C(=O)NC5(C(=O)O)CC5/C=C\CCCCCC(NC(=O)OC5CCCC5)C(=O)N4C3)cc(-c3csc(NC(=O)C(C)C)n3)nc2c1C. The number of anilines is 1. The molecular weight excluding hydrogens is 765 g/mol. The molecular formula is C42H52N6O9S. The number of nitrogens with one attached hydrogen (secondary N) is 3. The third-order valence-corrected chi connectivity index (χ3v) is 12.4. The van der Waals surface area contributed by atoms with Crippen molar-refractivity contribution in [2.75, 3.05) is 19.0 Å². The van der Waals surface area contributed by atoms with Crippen molar-refractivity contribution in [3.8, 4) is 22.9 Å². The van der Waals surface area contributed by atoms with Gasteiger partial charge < -0.3 is 40.2 Å². The molecule has 2 aliphatic carbocycles. The third-order valence-electron chi connectivity index (χ3n) is 11.7. The van der Waals surface area contributed by atoms with Gasteiger partial charge in [0.05, 0.1) is 24.9 Å². The van der Waals surface area contributed by atoms with E-state index in [0.29, 0.717) is 51.8 Å². The van der Waals surface area contributed by atoms with Gasteiger partial charge in [-0.3, -0.25) is 14.4 Å². The number of allylic oxidation sites excluding steroid dienone is 1. The first-order valence-electron chi connectivity index (χ1n) is 20.3. The average Bonchev–Trinajstić information content (AvgIpc) is 3.62. The molecule has 3 fully saturated rings. The molecule has 1 saturated heterocycles. The monoisotopic (exact) mass is 816 g/mol. The van der Waals surface area contributed by atoms with Crippen LogP contribution >= 0.6 is 11.3 Å². The summed E-state index contributed by atoms with van der Waals surface area (Å²) in [5.74, 6) is -1.91. The summed E-state index contributed by atoms with van der Waals surface area (Å²) in [4.78, 5) is 78.0. The first-order chi connectivity index (χ1) is 27.9. The number of hydrogen-bond donors (Lipinski definition) is 4. The number of carboxylic acids is 1. The number of pyridine rings is 1. The lowest BCUT2D eigenvalue weighted by Gasteiger charge is -2.29. The zero-order chi connectivity index (χ0) is 41.1. The summed E-state index contributed by atoms with van der Waals surface area (Å²) < 4.78 is 18.0. The number of carboxylic acid groups (broad SMARTS) is 1. The first-order valence-corrected chi connectivity index (χ1v) is 21.2. The summed E-state index contributed by atoms with van der Waals surface area (Å²) in [5, 5.41) is 21.6. The van der Waals surface area contributed by atoms with Crippen LogP contribution in [0, 0.1) is 18.8 Å². The van der Waals surface area contributed by atoms with E-state index >= 15 is 0 Å². The summed E-state index contributed by atoms with van der Waals surface area (Å²) in [7, 11) is 1.58. The van der Waals surface area contributed by atoms with Crippen molar-refractivity contribution in [1.82, 2.24) is 25.5 Å². The van der Waals surface area contributed by atoms with E-state index in [9.17, 15) is 29.1 Å². The van der Waals surface area contributed by atoms with Crippen LogP contribution < -0.4 is 25.4 Å². The highest BCUT2D eigenvalue weighted by Gasteiger charge is 2.61. The van der Waals surface area contributed by atoms with Gasteiger partial charge in [0.25, 0.3) is 0 Å². The normalized spacial score (nSPS) is 25.8. The van der Waals surface area contributed by atoms with Crippen LogP contribution in [0.3, 0.4) is 0 Å². The molecule has 15 nitrogen and oxygen atoms in total. The van der Waals surface area contributed by atoms with Crippen molar-refractivity contribution < 1.29 is 43.3 Å². The average molecular weight is 817 g/mol. The molecule has 0 radical (unpaired) electrons. The van der Waals surface area contributed by atoms with Crippen LogP contribution in [0.1, 0.15) is 90.0 Å². The molecule has 2 aliphatic heterocycles. The van der Waals surface area contributed by atoms with Crippen LogP contribution in [-0.2, 0) is 23.9 Å². The van der Waals surface area contributed by atoms with Crippen LogP contribution in [0.15, 0.2) is 35.7 Å². The summed E-state index contributed by atoms with van der Waals surface area (Å²) in [6.07, 6.45) is 9.39. The Labute approximate surface area is 341 Å². The Balaban J connectivity index is 1.21. The van der Waals surface area contributed by atoms with E-state index in [1.807, 2.05) is 31.2 Å². The fraction of sp³-hybridized carbons (Fsp3) is 0.548. The second kappa shape index (κ2) is 17.3. The minimum Gasteiger partial charge on any atom is -0.496 e. The zero-order valence-corrected chi connectivity index (χ0v) is 34.2. The number of carbonyl (C=O) groups is 5. The molecule has 4 heterocycles. The van der Waals surface area contributed by atoms with Crippen LogP contribution in [0.5, 0.6) is 11.5 Å². The number of amides is 4. The molecule has 310 valence electrons. The quantitative estimate of drug-likeness (QED) is 0.181. The number of alkyl carbamates (subject to hydrolysis) is 1. The molecule has 0 spiro atoms. The minimum atomic E-state index is -1.47. The van der Waals surface area contributed by atoms with Crippen LogP contribution in [0.4, 0.5) is 9.93 Å². The van der Waals surface area contributed by atoms with Crippen molar-refractivity contribution in [2.45, 2.75) is 121 Å². The maximum Gasteiger partial charge on any atom is 0.408 e. The predicted octanol–water partition coefficient (Wildman–Crippen LogP) is 6.14. The van der Waals surface area contributed by atoms with Gasteiger partial charge in [-0.05, 0) is 70.4 Å². The number of benzene rings is 1. The lowest BCUT2D eigenvalue weighted by Crippen LogP contribution is -2.56. The molecule has 1 aromatic carbocycles. The van der Waals surface area contributed by atoms with Crippen molar-refractivity contribution >= 4 is 57.2 Å². The lowest BCUT2D eigenvalue weighted by atomic mass is 10.0. The molecule has 2 saturated carbocycles. The van der Waals surface area contributed by atoms with Gasteiger partial charge in [0.2, 0.25) is 17.7 Å². The number of thiazole rings is 1. The third kappa shape index (κ3) is 8.76. The topological polar surface area (TPSA) is 198 Å². The largest absolute Gasteiger partial charge is 0.496 e. The van der Waals surface area contributed by atoms with Gasteiger partial charge in [0.1, 0.15) is 47.0 Å². The highest BCUT2D eigenvalue weighted by molar-refractivity contribution is 7.14. The van der Waals surface area contributed by atoms with Gasteiger partial charge in [-0.2, -0.15) is 0 Å². The smallest absolute Gasteiger partial charge is 0.408 e. The Morgan fingerprint density at radius 3 is 2.53 bits per heavy atom. The van der Waals surface area contributed by atoms with Crippen LogP contribution in [-0.4, -0.2) is 93.2 Å². The number of nitrogens with zero attached hydrogens (tertiary/aromatic N) is 3. The summed E-state index contributed by atoms with van der Waals surface area (Å²) in [6.45, 7) is 5.47. The number of methoxy groups -OCH3 is 1. The van der Waals surface area contributed by atoms with Gasteiger partial charge in [-0.1, -0.05) is 38.8 Å². The van der Waals surface area contributed by atoms with Crippen molar-refractivity contribution in [3.05, 3.63) is 41.3 Å². The number of fused-ring (bicyclic) bond motifs is 3. The zero-order valence-electron chi connectivity index (χ0n) is 33.4. The predicted molar refractivity (Wildman–Crippen MR) is 217 cm³/mol. The summed E-state index contributed by atoms with van der Waals surface area (Å²) in [6, 6.07) is 3.35. The lowest BCUT2D eigenvalue weighted by molar-refractivity contribution is -0.145. The number of rotatable bonds is 9. The molecule has 5 unspecified atom stereocenters.